The zero-order chi connectivity index (χ0) is 10.3. The second kappa shape index (κ2) is 6.06. The Balaban J connectivity index is 3.79. The minimum absolute atomic E-state index is 0.0266. The molecule has 0 aromatic heterocycles. The quantitative estimate of drug-likeness (QED) is 0.390. The molecule has 0 heterocycles. The van der Waals surface area contributed by atoms with E-state index in [0.717, 1.165) is 0 Å². The van der Waals surface area contributed by atoms with Gasteiger partial charge in [-0.3, -0.25) is 0 Å². The molecule has 7 heteroatoms. The van der Waals surface area contributed by atoms with Crippen LogP contribution in [0.5, 0.6) is 0 Å². The van der Waals surface area contributed by atoms with E-state index in [1.165, 1.54) is 0 Å². The van der Waals surface area contributed by atoms with Crippen LogP contribution in [0.25, 0.3) is 0 Å². The van der Waals surface area contributed by atoms with Crippen LogP contribution in [0.2, 0.25) is 0 Å². The summed E-state index contributed by atoms with van der Waals surface area (Å²) in [6, 6.07) is -0.474. The molecule has 13 heavy (non-hydrogen) atoms. The van der Waals surface area contributed by atoms with Crippen molar-refractivity contribution in [2.45, 2.75) is 12.5 Å². The Bertz CT molecular complexity index is 185. The molecule has 1 unspecified atom stereocenters. The van der Waals surface area contributed by atoms with Gasteiger partial charge in [-0.05, 0) is 13.0 Å². The lowest BCUT2D eigenvalue weighted by molar-refractivity contribution is 0.183. The highest BCUT2D eigenvalue weighted by atomic mass is 16.4. The highest BCUT2D eigenvalue weighted by molar-refractivity contribution is 5.66. The summed E-state index contributed by atoms with van der Waals surface area (Å²) in [7, 11) is 0. The van der Waals surface area contributed by atoms with E-state index in [0.29, 0.717) is 13.0 Å². The molecule has 0 aliphatic carbocycles. The van der Waals surface area contributed by atoms with Crippen molar-refractivity contribution < 1.29 is 19.8 Å². The first-order valence-corrected chi connectivity index (χ1v) is 3.72. The minimum Gasteiger partial charge on any atom is -0.465 e. The first-order valence-electron chi connectivity index (χ1n) is 3.72. The van der Waals surface area contributed by atoms with Gasteiger partial charge in [0.15, 0.2) is 0 Å². The zero-order valence-electron chi connectivity index (χ0n) is 6.99. The van der Waals surface area contributed by atoms with Crippen LogP contribution >= 0.6 is 0 Å². The van der Waals surface area contributed by atoms with Crippen molar-refractivity contribution in [3.63, 3.8) is 0 Å². The first kappa shape index (κ1) is 11.5. The average Bonchev–Trinajstić information content (AvgIpc) is 1.99. The summed E-state index contributed by atoms with van der Waals surface area (Å²) < 4.78 is 0. The third-order valence-corrected chi connectivity index (χ3v) is 1.34. The lowest BCUT2D eigenvalue weighted by Gasteiger charge is -2.15. The minimum atomic E-state index is -1.19. The monoisotopic (exact) mass is 191 g/mol. The van der Waals surface area contributed by atoms with Crippen molar-refractivity contribution in [3.8, 4) is 0 Å². The summed E-state index contributed by atoms with van der Waals surface area (Å²) in [5.74, 6) is 0. The molecule has 7 nitrogen and oxygen atoms in total. The fourth-order valence-electron chi connectivity index (χ4n) is 0.812. The van der Waals surface area contributed by atoms with E-state index in [-0.39, 0.29) is 6.54 Å². The molecule has 0 aromatic carbocycles. The summed E-state index contributed by atoms with van der Waals surface area (Å²) in [6.07, 6.45) is -1.98. The second-order valence-corrected chi connectivity index (χ2v) is 2.41. The highest BCUT2D eigenvalue weighted by Crippen LogP contribution is 1.88. The molecule has 76 valence electrons. The van der Waals surface area contributed by atoms with Crippen LogP contribution in [0, 0.1) is 0 Å². The van der Waals surface area contributed by atoms with Crippen molar-refractivity contribution >= 4 is 12.2 Å². The van der Waals surface area contributed by atoms with E-state index in [1.807, 2.05) is 0 Å². The Morgan fingerprint density at radius 3 is 2.31 bits per heavy atom. The molecule has 0 rings (SSSR count). The standard InChI is InChI=1S/C6H13N3O4/c7-2-1-4(9-6(12)13)3-8-5(10)11/h4,8-9H,1-3,7H2,(H,10,11)(H,12,13). The van der Waals surface area contributed by atoms with E-state index < -0.39 is 18.2 Å². The largest absolute Gasteiger partial charge is 0.465 e. The number of nitrogens with two attached hydrogens (primary N) is 1. The van der Waals surface area contributed by atoms with Crippen molar-refractivity contribution in [2.24, 2.45) is 5.73 Å². The Morgan fingerprint density at radius 1 is 1.31 bits per heavy atom. The highest BCUT2D eigenvalue weighted by Gasteiger charge is 2.10. The Kier molecular flexibility index (Phi) is 5.37. The zero-order valence-corrected chi connectivity index (χ0v) is 6.99. The van der Waals surface area contributed by atoms with Crippen LogP contribution in [-0.4, -0.2) is 41.5 Å². The maximum Gasteiger partial charge on any atom is 0.404 e. The van der Waals surface area contributed by atoms with Crippen LogP contribution in [0.4, 0.5) is 9.59 Å². The van der Waals surface area contributed by atoms with E-state index in [1.54, 1.807) is 0 Å². The van der Waals surface area contributed by atoms with Crippen LogP contribution in [0.15, 0.2) is 0 Å². The van der Waals surface area contributed by atoms with E-state index >= 15 is 0 Å². The fraction of sp³-hybridized carbons (Fsp3) is 0.667. The molecule has 0 saturated heterocycles. The maximum atomic E-state index is 10.2. The Hall–Kier alpha value is -1.50. The first-order chi connectivity index (χ1) is 6.06. The average molecular weight is 191 g/mol. The topological polar surface area (TPSA) is 125 Å². The van der Waals surface area contributed by atoms with Gasteiger partial charge in [-0.15, -0.1) is 0 Å². The number of nitrogens with one attached hydrogen (secondary N) is 2. The lowest BCUT2D eigenvalue weighted by atomic mass is 10.2. The van der Waals surface area contributed by atoms with Crippen molar-refractivity contribution in [1.29, 1.82) is 0 Å². The van der Waals surface area contributed by atoms with E-state index in [9.17, 15) is 9.59 Å². The summed E-state index contributed by atoms with van der Waals surface area (Å²) in [6.45, 7) is 0.324. The molecule has 0 radical (unpaired) electrons. The molecule has 0 aliphatic rings. The second-order valence-electron chi connectivity index (χ2n) is 2.41. The van der Waals surface area contributed by atoms with Gasteiger partial charge in [0.1, 0.15) is 0 Å². The Morgan fingerprint density at radius 2 is 1.92 bits per heavy atom. The molecule has 0 saturated carbocycles. The number of carbonyl (C=O) groups is 2. The molecule has 2 amide bonds. The van der Waals surface area contributed by atoms with Crippen LogP contribution < -0.4 is 16.4 Å². The maximum absolute atomic E-state index is 10.2. The van der Waals surface area contributed by atoms with Crippen molar-refractivity contribution in [3.05, 3.63) is 0 Å². The molecule has 0 aromatic rings. The SMILES string of the molecule is NCCC(CNC(=O)O)NC(=O)O. The van der Waals surface area contributed by atoms with E-state index in [2.05, 4.69) is 10.6 Å². The number of amides is 2. The molecule has 0 bridgehead atoms. The van der Waals surface area contributed by atoms with Crippen LogP contribution in [0.3, 0.4) is 0 Å². The fourth-order valence-corrected chi connectivity index (χ4v) is 0.812. The van der Waals surface area contributed by atoms with Gasteiger partial charge in [0.25, 0.3) is 0 Å². The number of hydrogen-bond donors (Lipinski definition) is 5. The smallest absolute Gasteiger partial charge is 0.404 e. The van der Waals surface area contributed by atoms with Gasteiger partial charge < -0.3 is 26.6 Å². The van der Waals surface area contributed by atoms with Gasteiger partial charge in [0, 0.05) is 6.54 Å². The molecule has 1 atom stereocenters. The number of carboxylic acid groups (broad SMARTS) is 2. The summed E-state index contributed by atoms with van der Waals surface area (Å²) in [4.78, 5) is 20.3. The van der Waals surface area contributed by atoms with E-state index in [4.69, 9.17) is 15.9 Å². The van der Waals surface area contributed by atoms with Gasteiger partial charge in [-0.25, -0.2) is 9.59 Å². The van der Waals surface area contributed by atoms with Gasteiger partial charge in [-0.1, -0.05) is 0 Å². The Labute approximate surface area is 74.9 Å². The van der Waals surface area contributed by atoms with Crippen LogP contribution in [-0.2, 0) is 0 Å². The van der Waals surface area contributed by atoms with Gasteiger partial charge in [-0.2, -0.15) is 0 Å². The molecule has 0 aliphatic heterocycles. The molecule has 6 N–H and O–H groups in total. The summed E-state index contributed by atoms with van der Waals surface area (Å²) in [5, 5.41) is 20.8. The predicted molar refractivity (Wildman–Crippen MR) is 44.6 cm³/mol. The normalized spacial score (nSPS) is 11.8. The molecular formula is C6H13N3O4. The lowest BCUT2D eigenvalue weighted by Crippen LogP contribution is -2.43. The molecular weight excluding hydrogens is 178 g/mol. The summed E-state index contributed by atoms with van der Waals surface area (Å²) in [5.41, 5.74) is 5.20. The third kappa shape index (κ3) is 6.88. The summed E-state index contributed by atoms with van der Waals surface area (Å²) >= 11 is 0. The van der Waals surface area contributed by atoms with Gasteiger partial charge >= 0.3 is 12.2 Å². The van der Waals surface area contributed by atoms with Gasteiger partial charge in [0.05, 0.1) is 6.04 Å². The van der Waals surface area contributed by atoms with Crippen LogP contribution in [0.1, 0.15) is 6.42 Å². The number of rotatable bonds is 5. The molecule has 0 fully saturated rings. The predicted octanol–water partition coefficient (Wildman–Crippen LogP) is -0.761. The third-order valence-electron chi connectivity index (χ3n) is 1.34. The van der Waals surface area contributed by atoms with Crippen molar-refractivity contribution in [1.82, 2.24) is 10.6 Å². The number of hydrogen-bond acceptors (Lipinski definition) is 3. The van der Waals surface area contributed by atoms with Crippen molar-refractivity contribution in [2.75, 3.05) is 13.1 Å². The van der Waals surface area contributed by atoms with Gasteiger partial charge in [0.2, 0.25) is 0 Å². The molecule has 0 spiro atoms.